The molecule has 0 saturated carbocycles. The van der Waals surface area contributed by atoms with E-state index in [1.54, 1.807) is 6.07 Å². The third-order valence-corrected chi connectivity index (χ3v) is 3.17. The summed E-state index contributed by atoms with van der Waals surface area (Å²) in [5, 5.41) is 4.27. The molecule has 0 unspecified atom stereocenters. The Labute approximate surface area is 117 Å². The van der Waals surface area contributed by atoms with Crippen molar-refractivity contribution in [2.45, 2.75) is 13.8 Å². The van der Waals surface area contributed by atoms with Crippen molar-refractivity contribution in [3.05, 3.63) is 59.9 Å². The molecule has 2 aromatic carbocycles. The van der Waals surface area contributed by atoms with Gasteiger partial charge in [0.1, 0.15) is 5.58 Å². The van der Waals surface area contributed by atoms with Crippen LogP contribution < -0.4 is 5.32 Å². The molecule has 0 amide bonds. The number of carbonyl (C=O) groups is 1. The highest BCUT2D eigenvalue weighted by Gasteiger charge is 2.08. The second-order valence-electron chi connectivity index (χ2n) is 4.91. The molecule has 100 valence electrons. The Morgan fingerprint density at radius 2 is 1.85 bits per heavy atom. The van der Waals surface area contributed by atoms with E-state index < -0.39 is 0 Å². The van der Waals surface area contributed by atoms with E-state index >= 15 is 0 Å². The maximum Gasteiger partial charge on any atom is 0.194 e. The zero-order valence-electron chi connectivity index (χ0n) is 11.4. The van der Waals surface area contributed by atoms with Gasteiger partial charge in [0, 0.05) is 29.8 Å². The van der Waals surface area contributed by atoms with Gasteiger partial charge in [-0.15, -0.1) is 0 Å². The summed E-state index contributed by atoms with van der Waals surface area (Å²) in [6, 6.07) is 15.8. The van der Waals surface area contributed by atoms with Gasteiger partial charge in [-0.25, -0.2) is 0 Å². The van der Waals surface area contributed by atoms with Crippen LogP contribution in [0.15, 0.2) is 52.9 Å². The minimum atomic E-state index is -0.0607. The van der Waals surface area contributed by atoms with Gasteiger partial charge < -0.3 is 9.73 Å². The lowest BCUT2D eigenvalue weighted by molar-refractivity contribution is 0.0989. The molecule has 0 saturated heterocycles. The van der Waals surface area contributed by atoms with Gasteiger partial charge in [0.15, 0.2) is 11.5 Å². The predicted octanol–water partition coefficient (Wildman–Crippen LogP) is 4.69. The molecule has 0 aliphatic carbocycles. The molecule has 0 radical (unpaired) electrons. The number of anilines is 2. The van der Waals surface area contributed by atoms with Crippen LogP contribution in [-0.4, -0.2) is 5.78 Å². The quantitative estimate of drug-likeness (QED) is 0.699. The normalized spacial score (nSPS) is 10.7. The summed E-state index contributed by atoms with van der Waals surface area (Å²) in [6.45, 7) is 3.56. The molecule has 0 bridgehead atoms. The van der Waals surface area contributed by atoms with E-state index in [0.29, 0.717) is 11.3 Å². The molecular formula is C17H15NO2. The van der Waals surface area contributed by atoms with Crippen molar-refractivity contribution >= 4 is 28.1 Å². The van der Waals surface area contributed by atoms with Crippen LogP contribution in [0.5, 0.6) is 0 Å². The standard InChI is InChI=1S/C17H15NO2/c1-11-4-3-5-14(8-11)18-15-7-6-13-9-16(12(2)19)20-17(13)10-15/h3-10,18H,1-2H3. The summed E-state index contributed by atoms with van der Waals surface area (Å²) in [7, 11) is 0. The maximum absolute atomic E-state index is 11.3. The fourth-order valence-corrected chi connectivity index (χ4v) is 2.17. The number of carbonyl (C=O) groups excluding carboxylic acids is 1. The summed E-state index contributed by atoms with van der Waals surface area (Å²) in [5.41, 5.74) is 3.89. The molecule has 0 aliphatic heterocycles. The van der Waals surface area contributed by atoms with Crippen molar-refractivity contribution in [3.63, 3.8) is 0 Å². The Bertz CT molecular complexity index is 787. The van der Waals surface area contributed by atoms with Crippen molar-refractivity contribution in [2.75, 3.05) is 5.32 Å². The molecule has 1 heterocycles. The van der Waals surface area contributed by atoms with Crippen molar-refractivity contribution in [1.82, 2.24) is 0 Å². The number of benzene rings is 2. The SMILES string of the molecule is CC(=O)c1cc2ccc(Nc3cccc(C)c3)cc2o1. The molecule has 0 spiro atoms. The third kappa shape index (κ3) is 2.43. The van der Waals surface area contributed by atoms with Gasteiger partial charge in [0.25, 0.3) is 0 Å². The molecule has 0 aliphatic rings. The van der Waals surface area contributed by atoms with Crippen LogP contribution in [0, 0.1) is 6.92 Å². The second kappa shape index (κ2) is 4.85. The maximum atomic E-state index is 11.3. The summed E-state index contributed by atoms with van der Waals surface area (Å²) in [6.07, 6.45) is 0. The molecule has 0 fully saturated rings. The number of aryl methyl sites for hydroxylation is 1. The first-order valence-corrected chi connectivity index (χ1v) is 6.50. The third-order valence-electron chi connectivity index (χ3n) is 3.17. The van der Waals surface area contributed by atoms with E-state index in [-0.39, 0.29) is 5.78 Å². The summed E-state index contributed by atoms with van der Waals surface area (Å²) in [5.74, 6) is 0.335. The smallest absolute Gasteiger partial charge is 0.194 e. The highest BCUT2D eigenvalue weighted by Crippen LogP contribution is 2.25. The Hall–Kier alpha value is -2.55. The van der Waals surface area contributed by atoms with Crippen LogP contribution in [-0.2, 0) is 0 Å². The Kier molecular flexibility index (Phi) is 3.03. The average molecular weight is 265 g/mol. The summed E-state index contributed by atoms with van der Waals surface area (Å²) >= 11 is 0. The van der Waals surface area contributed by atoms with E-state index in [9.17, 15) is 4.79 Å². The highest BCUT2D eigenvalue weighted by molar-refractivity contribution is 5.96. The van der Waals surface area contributed by atoms with E-state index in [1.165, 1.54) is 12.5 Å². The van der Waals surface area contributed by atoms with E-state index in [0.717, 1.165) is 16.8 Å². The fourth-order valence-electron chi connectivity index (χ4n) is 2.17. The van der Waals surface area contributed by atoms with E-state index in [2.05, 4.69) is 24.4 Å². The first-order valence-electron chi connectivity index (χ1n) is 6.50. The topological polar surface area (TPSA) is 42.2 Å². The monoisotopic (exact) mass is 265 g/mol. The minimum Gasteiger partial charge on any atom is -0.453 e. The molecule has 1 N–H and O–H groups in total. The molecule has 3 rings (SSSR count). The van der Waals surface area contributed by atoms with Gasteiger partial charge in [0.2, 0.25) is 0 Å². The number of rotatable bonds is 3. The lowest BCUT2D eigenvalue weighted by Crippen LogP contribution is -1.89. The van der Waals surface area contributed by atoms with Crippen molar-refractivity contribution < 1.29 is 9.21 Å². The second-order valence-corrected chi connectivity index (χ2v) is 4.91. The number of fused-ring (bicyclic) bond motifs is 1. The number of hydrogen-bond donors (Lipinski definition) is 1. The molecule has 0 atom stereocenters. The zero-order chi connectivity index (χ0) is 14.1. The van der Waals surface area contributed by atoms with Crippen LogP contribution in [0.3, 0.4) is 0 Å². The van der Waals surface area contributed by atoms with Crippen molar-refractivity contribution in [2.24, 2.45) is 0 Å². The Morgan fingerprint density at radius 1 is 1.05 bits per heavy atom. The van der Waals surface area contributed by atoms with E-state index in [1.807, 2.05) is 30.3 Å². The first kappa shape index (κ1) is 12.5. The average Bonchev–Trinajstić information content (AvgIpc) is 2.82. The van der Waals surface area contributed by atoms with Crippen molar-refractivity contribution in [1.29, 1.82) is 0 Å². The summed E-state index contributed by atoms with van der Waals surface area (Å²) in [4.78, 5) is 11.3. The number of Topliss-reactive ketones (excluding diaryl/α,β-unsaturated/α-hetero) is 1. The predicted molar refractivity (Wildman–Crippen MR) is 80.7 cm³/mol. The number of nitrogens with one attached hydrogen (secondary N) is 1. The summed E-state index contributed by atoms with van der Waals surface area (Å²) < 4.78 is 5.54. The Morgan fingerprint density at radius 3 is 2.60 bits per heavy atom. The molecule has 3 heteroatoms. The molecule has 3 aromatic rings. The number of hydrogen-bond acceptors (Lipinski definition) is 3. The minimum absolute atomic E-state index is 0.0607. The molecular weight excluding hydrogens is 250 g/mol. The van der Waals surface area contributed by atoms with Crippen LogP contribution in [0.25, 0.3) is 11.0 Å². The zero-order valence-corrected chi connectivity index (χ0v) is 11.4. The lowest BCUT2D eigenvalue weighted by Gasteiger charge is -2.06. The largest absolute Gasteiger partial charge is 0.453 e. The number of furan rings is 1. The lowest BCUT2D eigenvalue weighted by atomic mass is 10.2. The van der Waals surface area contributed by atoms with Crippen LogP contribution in [0.4, 0.5) is 11.4 Å². The van der Waals surface area contributed by atoms with Gasteiger partial charge in [0.05, 0.1) is 0 Å². The van der Waals surface area contributed by atoms with E-state index in [4.69, 9.17) is 4.42 Å². The van der Waals surface area contributed by atoms with Gasteiger partial charge in [-0.2, -0.15) is 0 Å². The van der Waals surface area contributed by atoms with Gasteiger partial charge in [-0.05, 0) is 42.8 Å². The highest BCUT2D eigenvalue weighted by atomic mass is 16.3. The van der Waals surface area contributed by atoms with Crippen LogP contribution in [0.2, 0.25) is 0 Å². The Balaban J connectivity index is 1.94. The first-order chi connectivity index (χ1) is 9.61. The van der Waals surface area contributed by atoms with Gasteiger partial charge in [-0.1, -0.05) is 12.1 Å². The fraction of sp³-hybridized carbons (Fsp3) is 0.118. The molecule has 1 aromatic heterocycles. The molecule has 3 nitrogen and oxygen atoms in total. The van der Waals surface area contributed by atoms with Crippen LogP contribution in [0.1, 0.15) is 23.0 Å². The van der Waals surface area contributed by atoms with Gasteiger partial charge in [-0.3, -0.25) is 4.79 Å². The molecule has 20 heavy (non-hydrogen) atoms. The number of ketones is 1. The van der Waals surface area contributed by atoms with Crippen LogP contribution >= 0.6 is 0 Å². The van der Waals surface area contributed by atoms with Gasteiger partial charge >= 0.3 is 0 Å². The van der Waals surface area contributed by atoms with Crippen molar-refractivity contribution in [3.8, 4) is 0 Å².